The summed E-state index contributed by atoms with van der Waals surface area (Å²) in [7, 11) is 0. The second-order valence-corrected chi connectivity index (χ2v) is 6.31. The molecule has 1 aliphatic heterocycles. The van der Waals surface area contributed by atoms with Gasteiger partial charge in [0.1, 0.15) is 19.2 Å². The third-order valence-electron chi connectivity index (χ3n) is 4.26. The van der Waals surface area contributed by atoms with Crippen molar-refractivity contribution in [1.29, 1.82) is 0 Å². The fourth-order valence-electron chi connectivity index (χ4n) is 2.77. The first-order valence-electron chi connectivity index (χ1n) is 8.82. The molecule has 4 amide bonds. The zero-order chi connectivity index (χ0) is 20.8. The van der Waals surface area contributed by atoms with E-state index in [1.807, 2.05) is 18.2 Å². The molecule has 3 rings (SSSR count). The number of rotatable bonds is 6. The first kappa shape index (κ1) is 19.9. The number of carbonyl (C=O) groups excluding carboxylic acids is 3. The predicted molar refractivity (Wildman–Crippen MR) is 102 cm³/mol. The number of nitrogens with one attached hydrogen (secondary N) is 1. The monoisotopic (exact) mass is 397 g/mol. The molecule has 1 saturated heterocycles. The summed E-state index contributed by atoms with van der Waals surface area (Å²) in [6.07, 6.45) is -0.773. The number of carboxylic acids is 1. The molecule has 9 heteroatoms. The molecule has 0 bridgehead atoms. The number of para-hydroxylation sites is 1. The van der Waals surface area contributed by atoms with Crippen molar-refractivity contribution < 1.29 is 29.0 Å². The van der Waals surface area contributed by atoms with Crippen LogP contribution in [0.15, 0.2) is 60.7 Å². The molecule has 29 heavy (non-hydrogen) atoms. The number of hydrogen-bond donors (Lipinski definition) is 2. The van der Waals surface area contributed by atoms with Crippen LogP contribution in [0.5, 0.6) is 0 Å². The molecule has 0 saturated carbocycles. The van der Waals surface area contributed by atoms with Crippen LogP contribution in [-0.4, -0.2) is 53.1 Å². The van der Waals surface area contributed by atoms with Gasteiger partial charge in [0.2, 0.25) is 0 Å². The lowest BCUT2D eigenvalue weighted by Gasteiger charge is -2.39. The van der Waals surface area contributed by atoms with Crippen LogP contribution in [-0.2, 0) is 20.9 Å². The maximum absolute atomic E-state index is 12.6. The molecule has 0 unspecified atom stereocenters. The molecule has 1 fully saturated rings. The van der Waals surface area contributed by atoms with E-state index < -0.39 is 36.6 Å². The Bertz CT molecular complexity index is 903. The molecular formula is C20H19N3O6. The first-order valence-corrected chi connectivity index (χ1v) is 8.82. The van der Waals surface area contributed by atoms with Crippen molar-refractivity contribution in [3.05, 3.63) is 66.2 Å². The molecule has 1 aliphatic rings. The molecule has 1 atom stereocenters. The topological polar surface area (TPSA) is 116 Å². The van der Waals surface area contributed by atoms with Crippen LogP contribution < -0.4 is 10.2 Å². The lowest BCUT2D eigenvalue weighted by Crippen LogP contribution is -2.67. The Hall–Kier alpha value is -3.88. The second-order valence-electron chi connectivity index (χ2n) is 6.31. The number of imide groups is 1. The van der Waals surface area contributed by atoms with Crippen molar-refractivity contribution in [3.8, 4) is 0 Å². The predicted octanol–water partition coefficient (Wildman–Crippen LogP) is 1.83. The molecule has 2 aromatic rings. The summed E-state index contributed by atoms with van der Waals surface area (Å²) in [5.74, 6) is -1.84. The summed E-state index contributed by atoms with van der Waals surface area (Å²) >= 11 is 0. The third kappa shape index (κ3) is 4.89. The number of ether oxygens (including phenoxy) is 1. The van der Waals surface area contributed by atoms with Crippen LogP contribution in [0.4, 0.5) is 15.3 Å². The highest BCUT2D eigenvalue weighted by Gasteiger charge is 2.44. The summed E-state index contributed by atoms with van der Waals surface area (Å²) in [6, 6.07) is 15.6. The van der Waals surface area contributed by atoms with Gasteiger partial charge in [-0.2, -0.15) is 0 Å². The van der Waals surface area contributed by atoms with E-state index in [-0.39, 0.29) is 13.2 Å². The van der Waals surface area contributed by atoms with E-state index in [0.717, 1.165) is 15.4 Å². The van der Waals surface area contributed by atoms with Gasteiger partial charge in [-0.25, -0.2) is 9.59 Å². The number of likely N-dealkylation sites (tertiary alicyclic amines) is 1. The van der Waals surface area contributed by atoms with Crippen LogP contribution in [0.1, 0.15) is 5.56 Å². The Balaban J connectivity index is 1.55. The number of alkyl carbamates (subject to hydrolysis) is 1. The van der Waals surface area contributed by atoms with E-state index in [9.17, 15) is 19.2 Å². The van der Waals surface area contributed by atoms with Crippen molar-refractivity contribution in [3.63, 3.8) is 0 Å². The van der Waals surface area contributed by atoms with Crippen LogP contribution in [0.2, 0.25) is 0 Å². The number of benzene rings is 2. The van der Waals surface area contributed by atoms with E-state index in [1.54, 1.807) is 42.5 Å². The number of anilines is 1. The van der Waals surface area contributed by atoms with Gasteiger partial charge in [0.25, 0.3) is 5.91 Å². The van der Waals surface area contributed by atoms with E-state index in [1.165, 1.54) is 0 Å². The minimum absolute atomic E-state index is 0.0522. The van der Waals surface area contributed by atoms with Gasteiger partial charge in [-0.3, -0.25) is 19.4 Å². The van der Waals surface area contributed by atoms with E-state index in [4.69, 9.17) is 9.84 Å². The van der Waals surface area contributed by atoms with Gasteiger partial charge in [-0.1, -0.05) is 48.5 Å². The summed E-state index contributed by atoms with van der Waals surface area (Å²) in [6.45, 7) is -0.610. The highest BCUT2D eigenvalue weighted by Crippen LogP contribution is 2.20. The number of aliphatic carboxylic acids is 1. The number of β-lactam (4-membered cyclic amide) rings is 1. The Morgan fingerprint density at radius 3 is 2.28 bits per heavy atom. The van der Waals surface area contributed by atoms with Crippen LogP contribution in [0.3, 0.4) is 0 Å². The van der Waals surface area contributed by atoms with Crippen LogP contribution >= 0.6 is 0 Å². The zero-order valence-corrected chi connectivity index (χ0v) is 15.4. The van der Waals surface area contributed by atoms with Crippen molar-refractivity contribution >= 4 is 29.7 Å². The maximum atomic E-state index is 12.6. The molecule has 0 aromatic heterocycles. The van der Waals surface area contributed by atoms with Gasteiger partial charge in [0, 0.05) is 5.69 Å². The maximum Gasteiger partial charge on any atom is 0.408 e. The van der Waals surface area contributed by atoms with Gasteiger partial charge in [0.05, 0.1) is 6.54 Å². The molecule has 2 aromatic carbocycles. The van der Waals surface area contributed by atoms with Gasteiger partial charge in [-0.05, 0) is 17.7 Å². The second kappa shape index (κ2) is 8.87. The lowest BCUT2D eigenvalue weighted by atomic mass is 10.1. The fraction of sp³-hybridized carbons (Fsp3) is 0.200. The van der Waals surface area contributed by atoms with Gasteiger partial charge < -0.3 is 15.2 Å². The molecule has 150 valence electrons. The third-order valence-corrected chi connectivity index (χ3v) is 4.26. The van der Waals surface area contributed by atoms with Crippen LogP contribution in [0, 0.1) is 0 Å². The van der Waals surface area contributed by atoms with E-state index in [0.29, 0.717) is 5.69 Å². The average molecular weight is 397 g/mol. The summed E-state index contributed by atoms with van der Waals surface area (Å²) in [4.78, 5) is 49.8. The molecule has 0 aliphatic carbocycles. The van der Waals surface area contributed by atoms with Crippen molar-refractivity contribution in [1.82, 2.24) is 10.2 Å². The van der Waals surface area contributed by atoms with E-state index >= 15 is 0 Å². The molecule has 1 heterocycles. The SMILES string of the molecule is O=C(O)CN(C(=O)N1C[C@H](NC(=O)OCc2ccccc2)C1=O)c1ccccc1. The number of carboxylic acid groups (broad SMARTS) is 1. The molecule has 0 spiro atoms. The Morgan fingerprint density at radius 2 is 1.69 bits per heavy atom. The highest BCUT2D eigenvalue weighted by atomic mass is 16.5. The standard InChI is InChI=1S/C20H19N3O6/c24-17(25)12-22(15-9-5-2-6-10-15)20(28)23-11-16(18(23)26)21-19(27)29-13-14-7-3-1-4-8-14/h1-10,16H,11-13H2,(H,21,27)(H,24,25)/t16-/m0/s1. The Morgan fingerprint density at radius 1 is 1.07 bits per heavy atom. The van der Waals surface area contributed by atoms with Gasteiger partial charge in [0.15, 0.2) is 0 Å². The van der Waals surface area contributed by atoms with E-state index in [2.05, 4.69) is 5.32 Å². The number of hydrogen-bond acceptors (Lipinski definition) is 5. The Labute approximate surface area is 166 Å². The highest BCUT2D eigenvalue weighted by molar-refractivity contribution is 6.09. The van der Waals surface area contributed by atoms with Crippen molar-refractivity contribution in [2.45, 2.75) is 12.6 Å². The van der Waals surface area contributed by atoms with Crippen molar-refractivity contribution in [2.75, 3.05) is 18.0 Å². The summed E-state index contributed by atoms with van der Waals surface area (Å²) in [5, 5.41) is 11.5. The zero-order valence-electron chi connectivity index (χ0n) is 15.4. The normalized spacial score (nSPS) is 15.2. The lowest BCUT2D eigenvalue weighted by molar-refractivity contribution is -0.139. The van der Waals surface area contributed by atoms with Gasteiger partial charge in [-0.15, -0.1) is 0 Å². The molecule has 9 nitrogen and oxygen atoms in total. The largest absolute Gasteiger partial charge is 0.480 e. The Kier molecular flexibility index (Phi) is 6.08. The average Bonchev–Trinajstić information content (AvgIpc) is 2.73. The molecule has 2 N–H and O–H groups in total. The smallest absolute Gasteiger partial charge is 0.408 e. The quantitative estimate of drug-likeness (QED) is 0.719. The minimum atomic E-state index is -1.21. The van der Waals surface area contributed by atoms with Gasteiger partial charge >= 0.3 is 18.1 Å². The summed E-state index contributed by atoms with van der Waals surface area (Å²) in [5.41, 5.74) is 1.15. The number of amides is 4. The number of nitrogens with zero attached hydrogens (tertiary/aromatic N) is 2. The van der Waals surface area contributed by atoms with Crippen molar-refractivity contribution in [2.24, 2.45) is 0 Å². The molecule has 0 radical (unpaired) electrons. The summed E-state index contributed by atoms with van der Waals surface area (Å²) < 4.78 is 5.05. The fourth-order valence-corrected chi connectivity index (χ4v) is 2.77. The minimum Gasteiger partial charge on any atom is -0.480 e. The number of urea groups is 1. The molecular weight excluding hydrogens is 378 g/mol. The van der Waals surface area contributed by atoms with Crippen LogP contribution in [0.25, 0.3) is 0 Å². The first-order chi connectivity index (χ1) is 14.0. The number of carbonyl (C=O) groups is 4.